The van der Waals surface area contributed by atoms with Crippen LogP contribution in [0.5, 0.6) is 0 Å². The Morgan fingerprint density at radius 1 is 1.10 bits per heavy atom. The van der Waals surface area contributed by atoms with Gasteiger partial charge in [-0.3, -0.25) is 19.8 Å². The number of hydrogen-bond acceptors (Lipinski definition) is 6. The van der Waals surface area contributed by atoms with E-state index in [0.717, 1.165) is 12.8 Å². The molecule has 152 valence electrons. The number of amides is 4. The number of carbonyl (C=O) groups is 4. The number of imide groups is 1. The predicted octanol–water partition coefficient (Wildman–Crippen LogP) is 2.93. The lowest BCUT2D eigenvalue weighted by molar-refractivity contribution is 0.0505. The smallest absolute Gasteiger partial charge is 0.436 e. The van der Waals surface area contributed by atoms with Crippen LogP contribution in [0.4, 0.5) is 4.79 Å². The number of rotatable bonds is 4. The van der Waals surface area contributed by atoms with Crippen molar-refractivity contribution in [3.63, 3.8) is 0 Å². The third kappa shape index (κ3) is 4.80. The number of nitrogens with one attached hydrogen (secondary N) is 1. The normalized spacial score (nSPS) is 13.1. The van der Waals surface area contributed by atoms with E-state index >= 15 is 0 Å². The maximum atomic E-state index is 12.7. The molecule has 9 heteroatoms. The maximum absolute atomic E-state index is 12.7. The molecule has 0 atom stereocenters. The quantitative estimate of drug-likeness (QED) is 0.775. The van der Waals surface area contributed by atoms with E-state index in [1.807, 2.05) is 0 Å². The summed E-state index contributed by atoms with van der Waals surface area (Å²) in [6, 6.07) is 7.73. The highest BCUT2D eigenvalue weighted by atomic mass is 32.1. The zero-order valence-corrected chi connectivity index (χ0v) is 16.7. The number of thiophene rings is 1. The monoisotopic (exact) mass is 415 g/mol. The summed E-state index contributed by atoms with van der Waals surface area (Å²) in [5.74, 6) is -1.55. The van der Waals surface area contributed by atoms with E-state index in [-0.39, 0.29) is 23.6 Å². The summed E-state index contributed by atoms with van der Waals surface area (Å²) in [6.45, 7) is 3.03. The Kier molecular flexibility index (Phi) is 6.61. The van der Waals surface area contributed by atoms with Crippen molar-refractivity contribution in [3.8, 4) is 0 Å². The summed E-state index contributed by atoms with van der Waals surface area (Å²) in [5.41, 5.74) is 3.08. The van der Waals surface area contributed by atoms with Gasteiger partial charge in [0.1, 0.15) is 0 Å². The van der Waals surface area contributed by atoms with Gasteiger partial charge in [0, 0.05) is 29.6 Å². The Morgan fingerprint density at radius 2 is 1.83 bits per heavy atom. The zero-order valence-electron chi connectivity index (χ0n) is 15.9. The largest absolute Gasteiger partial charge is 0.448 e. The number of ether oxygens (including phenoxy) is 1. The highest BCUT2D eigenvalue weighted by Gasteiger charge is 2.27. The molecule has 3 rings (SSSR count). The maximum Gasteiger partial charge on any atom is 0.436 e. The van der Waals surface area contributed by atoms with Gasteiger partial charge in [-0.15, -0.1) is 5.01 Å². The van der Waals surface area contributed by atoms with Gasteiger partial charge < -0.3 is 9.64 Å². The number of likely N-dealkylation sites (tertiary alicyclic amines) is 1. The molecule has 1 fully saturated rings. The van der Waals surface area contributed by atoms with Crippen LogP contribution < -0.4 is 5.43 Å². The number of hydrogen-bond donors (Lipinski definition) is 1. The molecule has 4 amide bonds. The standard InChI is InChI=1S/C20H21N3O5S/c1-2-28-20(27)23(19(26)16-8-11-29-13-16)21-17(24)14-6-5-7-15(12-14)18(25)22-9-3-4-10-22/h5-8,11-13H,2-4,9-10H2,1H3,(H,21,24). The first-order valence-corrected chi connectivity index (χ1v) is 10.2. The number of hydrazine groups is 1. The second-order valence-electron chi connectivity index (χ2n) is 6.37. The summed E-state index contributed by atoms with van der Waals surface area (Å²) in [6.07, 6.45) is 0.942. The third-order valence-electron chi connectivity index (χ3n) is 4.40. The van der Waals surface area contributed by atoms with Gasteiger partial charge in [0.05, 0.1) is 12.2 Å². The highest BCUT2D eigenvalue weighted by molar-refractivity contribution is 7.08. The summed E-state index contributed by atoms with van der Waals surface area (Å²) in [4.78, 5) is 51.8. The highest BCUT2D eigenvalue weighted by Crippen LogP contribution is 2.15. The molecule has 0 bridgehead atoms. The van der Waals surface area contributed by atoms with E-state index in [1.54, 1.807) is 40.8 Å². The van der Waals surface area contributed by atoms with Crippen LogP contribution in [0.2, 0.25) is 0 Å². The van der Waals surface area contributed by atoms with E-state index < -0.39 is 17.9 Å². The summed E-state index contributed by atoms with van der Waals surface area (Å²) in [5, 5.41) is 3.80. The van der Waals surface area contributed by atoms with E-state index in [2.05, 4.69) is 5.43 Å². The van der Waals surface area contributed by atoms with Crippen molar-refractivity contribution in [1.82, 2.24) is 15.3 Å². The molecule has 1 aliphatic heterocycles. The Hall–Kier alpha value is -3.20. The molecule has 0 unspecified atom stereocenters. The first-order chi connectivity index (χ1) is 14.0. The first-order valence-electron chi connectivity index (χ1n) is 9.25. The number of carbonyl (C=O) groups excluding carboxylic acids is 4. The summed E-state index contributed by atoms with van der Waals surface area (Å²) in [7, 11) is 0. The lowest BCUT2D eigenvalue weighted by Gasteiger charge is -2.20. The Labute approximate surface area is 172 Å². The minimum absolute atomic E-state index is 0.0436. The van der Waals surface area contributed by atoms with Crippen molar-refractivity contribution in [1.29, 1.82) is 0 Å². The minimum Gasteiger partial charge on any atom is -0.448 e. The molecule has 1 aromatic carbocycles. The van der Waals surface area contributed by atoms with Gasteiger partial charge in [0.25, 0.3) is 17.7 Å². The van der Waals surface area contributed by atoms with E-state index in [4.69, 9.17) is 4.74 Å². The molecule has 8 nitrogen and oxygen atoms in total. The average molecular weight is 415 g/mol. The van der Waals surface area contributed by atoms with Gasteiger partial charge in [-0.25, -0.2) is 4.79 Å². The number of nitrogens with zero attached hydrogens (tertiary/aromatic N) is 2. The molecule has 0 aliphatic carbocycles. The van der Waals surface area contributed by atoms with Crippen LogP contribution in [0.1, 0.15) is 50.8 Å². The van der Waals surface area contributed by atoms with Crippen LogP contribution in [0.3, 0.4) is 0 Å². The van der Waals surface area contributed by atoms with Crippen LogP contribution in [-0.4, -0.2) is 53.4 Å². The van der Waals surface area contributed by atoms with Crippen LogP contribution in [-0.2, 0) is 4.74 Å². The Balaban J connectivity index is 1.78. The fourth-order valence-electron chi connectivity index (χ4n) is 2.94. The van der Waals surface area contributed by atoms with Crippen molar-refractivity contribution < 1.29 is 23.9 Å². The third-order valence-corrected chi connectivity index (χ3v) is 5.08. The lowest BCUT2D eigenvalue weighted by Crippen LogP contribution is -2.50. The molecular weight excluding hydrogens is 394 g/mol. The Morgan fingerprint density at radius 3 is 2.48 bits per heavy atom. The average Bonchev–Trinajstić information content (AvgIpc) is 3.45. The molecule has 2 aromatic rings. The molecule has 1 saturated heterocycles. The molecule has 1 aliphatic rings. The van der Waals surface area contributed by atoms with Crippen LogP contribution in [0, 0.1) is 0 Å². The van der Waals surface area contributed by atoms with Crippen molar-refractivity contribution >= 4 is 35.2 Å². The number of benzene rings is 1. The summed E-state index contributed by atoms with van der Waals surface area (Å²) >= 11 is 1.29. The topological polar surface area (TPSA) is 96.0 Å². The first kappa shape index (κ1) is 20.5. The summed E-state index contributed by atoms with van der Waals surface area (Å²) < 4.78 is 4.88. The molecular formula is C20H21N3O5S. The van der Waals surface area contributed by atoms with Crippen molar-refractivity contribution in [2.24, 2.45) is 0 Å². The fourth-order valence-corrected chi connectivity index (χ4v) is 3.57. The molecule has 0 spiro atoms. The molecule has 0 radical (unpaired) electrons. The van der Waals surface area contributed by atoms with Crippen molar-refractivity contribution in [3.05, 3.63) is 57.8 Å². The Bertz CT molecular complexity index is 907. The van der Waals surface area contributed by atoms with Crippen LogP contribution >= 0.6 is 11.3 Å². The van der Waals surface area contributed by atoms with Gasteiger partial charge in [0.2, 0.25) is 0 Å². The van der Waals surface area contributed by atoms with E-state index in [0.29, 0.717) is 23.7 Å². The van der Waals surface area contributed by atoms with Crippen LogP contribution in [0.15, 0.2) is 41.1 Å². The second-order valence-corrected chi connectivity index (χ2v) is 7.15. The molecule has 1 N–H and O–H groups in total. The van der Waals surface area contributed by atoms with Crippen LogP contribution in [0.25, 0.3) is 0 Å². The molecule has 2 heterocycles. The fraction of sp³-hybridized carbons (Fsp3) is 0.300. The lowest BCUT2D eigenvalue weighted by atomic mass is 10.1. The second kappa shape index (κ2) is 9.33. The van der Waals surface area contributed by atoms with Gasteiger partial charge in [-0.1, -0.05) is 6.07 Å². The molecule has 0 saturated carbocycles. The SMILES string of the molecule is CCOC(=O)N(NC(=O)c1cccc(C(=O)N2CCCC2)c1)C(=O)c1ccsc1. The van der Waals surface area contributed by atoms with E-state index in [9.17, 15) is 19.2 Å². The van der Waals surface area contributed by atoms with E-state index in [1.165, 1.54) is 23.5 Å². The molecule has 1 aromatic heterocycles. The minimum atomic E-state index is -0.985. The van der Waals surface area contributed by atoms with Crippen molar-refractivity contribution in [2.45, 2.75) is 19.8 Å². The molecule has 29 heavy (non-hydrogen) atoms. The van der Waals surface area contributed by atoms with Gasteiger partial charge in [0.15, 0.2) is 0 Å². The van der Waals surface area contributed by atoms with Gasteiger partial charge in [-0.05, 0) is 49.4 Å². The van der Waals surface area contributed by atoms with Gasteiger partial charge >= 0.3 is 6.09 Å². The van der Waals surface area contributed by atoms with Gasteiger partial charge in [-0.2, -0.15) is 11.3 Å². The predicted molar refractivity (Wildman–Crippen MR) is 107 cm³/mol. The zero-order chi connectivity index (χ0) is 20.8. The van der Waals surface area contributed by atoms with Crippen molar-refractivity contribution in [2.75, 3.05) is 19.7 Å².